The van der Waals surface area contributed by atoms with Crippen LogP contribution in [0.1, 0.15) is 17.5 Å². The summed E-state index contributed by atoms with van der Waals surface area (Å²) in [6.07, 6.45) is 5.95. The molecule has 13 heavy (non-hydrogen) atoms. The molecular weight excluding hydrogens is 160 g/mol. The standard InChI is InChI=1S/C12H14O/c1-3-12(13)9-8-11-7-5-4-6-10(11)2/h1,4-7,12-13H,8-9H2,2H3. The third kappa shape index (κ3) is 2.93. The predicted octanol–water partition coefficient (Wildman–Crippen LogP) is 1.92. The zero-order chi connectivity index (χ0) is 9.68. The van der Waals surface area contributed by atoms with Crippen LogP contribution in [0.15, 0.2) is 24.3 Å². The molecular formula is C12H14O. The molecule has 1 rings (SSSR count). The lowest BCUT2D eigenvalue weighted by Gasteiger charge is -2.06. The second-order valence-corrected chi connectivity index (χ2v) is 3.15. The number of aliphatic hydroxyl groups is 1. The van der Waals surface area contributed by atoms with Crippen LogP contribution < -0.4 is 0 Å². The van der Waals surface area contributed by atoms with Gasteiger partial charge in [0.2, 0.25) is 0 Å². The first-order valence-electron chi connectivity index (χ1n) is 4.42. The highest BCUT2D eigenvalue weighted by Gasteiger charge is 2.01. The van der Waals surface area contributed by atoms with E-state index in [1.165, 1.54) is 11.1 Å². The molecule has 0 aliphatic carbocycles. The zero-order valence-corrected chi connectivity index (χ0v) is 7.83. The largest absolute Gasteiger partial charge is 0.380 e. The van der Waals surface area contributed by atoms with Crippen molar-refractivity contribution in [3.05, 3.63) is 35.4 Å². The number of terminal acetylenes is 1. The summed E-state index contributed by atoms with van der Waals surface area (Å²) in [6.45, 7) is 2.07. The molecule has 0 heterocycles. The minimum absolute atomic E-state index is 0.611. The minimum Gasteiger partial charge on any atom is -0.380 e. The average molecular weight is 174 g/mol. The minimum atomic E-state index is -0.611. The van der Waals surface area contributed by atoms with Crippen molar-refractivity contribution in [2.24, 2.45) is 0 Å². The second kappa shape index (κ2) is 4.69. The van der Waals surface area contributed by atoms with Gasteiger partial charge >= 0.3 is 0 Å². The van der Waals surface area contributed by atoms with E-state index >= 15 is 0 Å². The van der Waals surface area contributed by atoms with E-state index in [9.17, 15) is 5.11 Å². The molecule has 1 nitrogen and oxygen atoms in total. The number of aryl methyl sites for hydroxylation is 2. The first-order valence-corrected chi connectivity index (χ1v) is 4.42. The first-order chi connectivity index (χ1) is 6.24. The maximum absolute atomic E-state index is 9.17. The van der Waals surface area contributed by atoms with Crippen LogP contribution in [0.2, 0.25) is 0 Å². The van der Waals surface area contributed by atoms with Gasteiger partial charge in [0.15, 0.2) is 0 Å². The van der Waals surface area contributed by atoms with E-state index in [-0.39, 0.29) is 0 Å². The van der Waals surface area contributed by atoms with Crippen LogP contribution in [0.3, 0.4) is 0 Å². The third-order valence-corrected chi connectivity index (χ3v) is 2.14. The van der Waals surface area contributed by atoms with Gasteiger partial charge in [0.1, 0.15) is 6.10 Å². The van der Waals surface area contributed by atoms with Crippen molar-refractivity contribution in [1.29, 1.82) is 0 Å². The van der Waals surface area contributed by atoms with Gasteiger partial charge in [-0.25, -0.2) is 0 Å². The maximum Gasteiger partial charge on any atom is 0.114 e. The van der Waals surface area contributed by atoms with Gasteiger partial charge in [-0.1, -0.05) is 30.2 Å². The van der Waals surface area contributed by atoms with E-state index in [1.54, 1.807) is 0 Å². The number of aliphatic hydroxyl groups excluding tert-OH is 1. The Morgan fingerprint density at radius 3 is 2.77 bits per heavy atom. The fourth-order valence-corrected chi connectivity index (χ4v) is 1.27. The molecule has 1 N–H and O–H groups in total. The fourth-order valence-electron chi connectivity index (χ4n) is 1.27. The summed E-state index contributed by atoms with van der Waals surface area (Å²) in [4.78, 5) is 0. The number of benzene rings is 1. The van der Waals surface area contributed by atoms with Crippen LogP contribution >= 0.6 is 0 Å². The van der Waals surface area contributed by atoms with E-state index in [1.807, 2.05) is 12.1 Å². The summed E-state index contributed by atoms with van der Waals surface area (Å²) in [5, 5.41) is 9.17. The van der Waals surface area contributed by atoms with Crippen LogP contribution in [0, 0.1) is 19.3 Å². The Morgan fingerprint density at radius 2 is 2.15 bits per heavy atom. The van der Waals surface area contributed by atoms with Crippen LogP contribution in [0.4, 0.5) is 0 Å². The van der Waals surface area contributed by atoms with Crippen molar-refractivity contribution in [1.82, 2.24) is 0 Å². The Labute approximate surface area is 79.4 Å². The molecule has 0 radical (unpaired) electrons. The van der Waals surface area contributed by atoms with Gasteiger partial charge in [0.25, 0.3) is 0 Å². The quantitative estimate of drug-likeness (QED) is 0.694. The molecule has 1 unspecified atom stereocenters. The normalized spacial score (nSPS) is 12.1. The van der Waals surface area contributed by atoms with Gasteiger partial charge in [-0.3, -0.25) is 0 Å². The first kappa shape index (κ1) is 9.83. The van der Waals surface area contributed by atoms with E-state index in [0.29, 0.717) is 6.42 Å². The molecule has 0 aliphatic heterocycles. The van der Waals surface area contributed by atoms with E-state index in [2.05, 4.69) is 25.0 Å². The topological polar surface area (TPSA) is 20.2 Å². The Balaban J connectivity index is 2.56. The zero-order valence-electron chi connectivity index (χ0n) is 7.83. The van der Waals surface area contributed by atoms with Gasteiger partial charge in [-0.05, 0) is 30.9 Å². The monoisotopic (exact) mass is 174 g/mol. The lowest BCUT2D eigenvalue weighted by molar-refractivity contribution is 0.222. The molecule has 1 heteroatoms. The van der Waals surface area contributed by atoms with Crippen LogP contribution in [0.5, 0.6) is 0 Å². The van der Waals surface area contributed by atoms with Crippen molar-refractivity contribution in [2.45, 2.75) is 25.9 Å². The molecule has 1 atom stereocenters. The van der Waals surface area contributed by atoms with Gasteiger partial charge < -0.3 is 5.11 Å². The van der Waals surface area contributed by atoms with Crippen molar-refractivity contribution >= 4 is 0 Å². The molecule has 0 amide bonds. The average Bonchev–Trinajstić information content (AvgIpc) is 2.16. The van der Waals surface area contributed by atoms with Crippen LogP contribution in [-0.4, -0.2) is 11.2 Å². The van der Waals surface area contributed by atoms with E-state index in [0.717, 1.165) is 6.42 Å². The maximum atomic E-state index is 9.17. The summed E-state index contributed by atoms with van der Waals surface area (Å²) in [5.41, 5.74) is 2.52. The van der Waals surface area contributed by atoms with Gasteiger partial charge in [0, 0.05) is 0 Å². The Kier molecular flexibility index (Phi) is 3.54. The second-order valence-electron chi connectivity index (χ2n) is 3.15. The Morgan fingerprint density at radius 1 is 1.46 bits per heavy atom. The lowest BCUT2D eigenvalue weighted by atomic mass is 10.0. The molecule has 0 aromatic heterocycles. The van der Waals surface area contributed by atoms with Gasteiger partial charge in [-0.15, -0.1) is 6.42 Å². The summed E-state index contributed by atoms with van der Waals surface area (Å²) in [6, 6.07) is 8.15. The highest BCUT2D eigenvalue weighted by atomic mass is 16.3. The summed E-state index contributed by atoms with van der Waals surface area (Å²) in [7, 11) is 0. The van der Waals surface area contributed by atoms with Crippen molar-refractivity contribution in [2.75, 3.05) is 0 Å². The van der Waals surface area contributed by atoms with Crippen LogP contribution in [-0.2, 0) is 6.42 Å². The smallest absolute Gasteiger partial charge is 0.114 e. The Hall–Kier alpha value is -1.26. The van der Waals surface area contributed by atoms with Crippen molar-refractivity contribution in [3.63, 3.8) is 0 Å². The molecule has 0 saturated heterocycles. The summed E-state index contributed by atoms with van der Waals surface area (Å²) < 4.78 is 0. The lowest BCUT2D eigenvalue weighted by Crippen LogP contribution is -2.04. The number of hydrogen-bond donors (Lipinski definition) is 1. The summed E-state index contributed by atoms with van der Waals surface area (Å²) >= 11 is 0. The highest BCUT2D eigenvalue weighted by Crippen LogP contribution is 2.10. The SMILES string of the molecule is C#CC(O)CCc1ccccc1C. The highest BCUT2D eigenvalue weighted by molar-refractivity contribution is 5.25. The molecule has 0 spiro atoms. The fraction of sp³-hybridized carbons (Fsp3) is 0.333. The Bertz CT molecular complexity index is 309. The van der Waals surface area contributed by atoms with Crippen LogP contribution in [0.25, 0.3) is 0 Å². The van der Waals surface area contributed by atoms with Crippen molar-refractivity contribution < 1.29 is 5.11 Å². The molecule has 0 saturated carbocycles. The van der Waals surface area contributed by atoms with Crippen molar-refractivity contribution in [3.8, 4) is 12.3 Å². The number of rotatable bonds is 3. The predicted molar refractivity (Wildman–Crippen MR) is 54.3 cm³/mol. The third-order valence-electron chi connectivity index (χ3n) is 2.14. The van der Waals surface area contributed by atoms with Gasteiger partial charge in [0.05, 0.1) is 0 Å². The molecule has 0 fully saturated rings. The molecule has 1 aromatic rings. The molecule has 68 valence electrons. The van der Waals surface area contributed by atoms with E-state index in [4.69, 9.17) is 6.42 Å². The van der Waals surface area contributed by atoms with E-state index < -0.39 is 6.10 Å². The number of hydrogen-bond acceptors (Lipinski definition) is 1. The molecule has 1 aromatic carbocycles. The summed E-state index contributed by atoms with van der Waals surface area (Å²) in [5.74, 6) is 2.31. The molecule has 0 bridgehead atoms. The van der Waals surface area contributed by atoms with Gasteiger partial charge in [-0.2, -0.15) is 0 Å². The molecule has 0 aliphatic rings.